The van der Waals surface area contributed by atoms with E-state index in [9.17, 15) is 0 Å². The third-order valence-corrected chi connectivity index (χ3v) is 3.91. The van der Waals surface area contributed by atoms with Crippen molar-refractivity contribution in [2.24, 2.45) is 0 Å². The SMILES string of the molecule is COc1ccc([S]#[W])c(OC)c1. The van der Waals surface area contributed by atoms with Crippen molar-refractivity contribution in [1.82, 2.24) is 0 Å². The first kappa shape index (κ1) is 9.81. The van der Waals surface area contributed by atoms with Gasteiger partial charge in [-0.05, 0) is 0 Å². The van der Waals surface area contributed by atoms with E-state index in [0.717, 1.165) is 16.4 Å². The molecule has 0 unspecified atom stereocenters. The summed E-state index contributed by atoms with van der Waals surface area (Å²) in [6, 6.07) is 5.84. The summed E-state index contributed by atoms with van der Waals surface area (Å²) in [6.07, 6.45) is 0. The molecule has 65 valence electrons. The van der Waals surface area contributed by atoms with E-state index < -0.39 is 0 Å². The number of benzene rings is 1. The van der Waals surface area contributed by atoms with Crippen LogP contribution in [0, 0.1) is 0 Å². The monoisotopic (exact) mass is 353 g/mol. The Morgan fingerprint density at radius 1 is 1.25 bits per heavy atom. The van der Waals surface area contributed by atoms with E-state index in [2.05, 4.69) is 0 Å². The molecule has 0 aliphatic carbocycles. The molecule has 0 aromatic heterocycles. The Morgan fingerprint density at radius 3 is 2.50 bits per heavy atom. The molecule has 1 aromatic carbocycles. The summed E-state index contributed by atoms with van der Waals surface area (Å²) < 4.78 is 10.3. The van der Waals surface area contributed by atoms with Crippen molar-refractivity contribution >= 4 is 8.71 Å². The second kappa shape index (κ2) is 4.68. The number of ether oxygens (including phenoxy) is 2. The number of rotatable bonds is 2. The molecule has 0 spiro atoms. The molecule has 0 aliphatic rings. The van der Waals surface area contributed by atoms with Crippen molar-refractivity contribution in [1.29, 1.82) is 0 Å². The summed E-state index contributed by atoms with van der Waals surface area (Å²) >= 11 is 1.45. The van der Waals surface area contributed by atoms with Gasteiger partial charge in [0.1, 0.15) is 0 Å². The van der Waals surface area contributed by atoms with E-state index in [1.165, 1.54) is 17.7 Å². The van der Waals surface area contributed by atoms with E-state index in [0.29, 0.717) is 0 Å². The van der Waals surface area contributed by atoms with Crippen LogP contribution in [0.5, 0.6) is 11.5 Å². The molecule has 2 nitrogen and oxygen atoms in total. The number of methoxy groups -OCH3 is 2. The number of hydrogen-bond donors (Lipinski definition) is 0. The molecule has 0 bridgehead atoms. The molecule has 0 atom stereocenters. The summed E-state index contributed by atoms with van der Waals surface area (Å²) in [4.78, 5) is 1.16. The fraction of sp³-hybridized carbons (Fsp3) is 0.250. The van der Waals surface area contributed by atoms with E-state index in [-0.39, 0.29) is 0 Å². The molecule has 0 saturated heterocycles. The summed E-state index contributed by atoms with van der Waals surface area (Å²) in [5, 5.41) is 0. The second-order valence-corrected chi connectivity index (χ2v) is 4.50. The molecule has 12 heavy (non-hydrogen) atoms. The van der Waals surface area contributed by atoms with Crippen LogP contribution in [0.1, 0.15) is 0 Å². The molecule has 1 rings (SSSR count). The average Bonchev–Trinajstić information content (AvgIpc) is 2.16. The molecular formula is C8H9O2SW. The predicted octanol–water partition coefficient (Wildman–Crippen LogP) is 2.26. The Kier molecular flexibility index (Phi) is 3.83. The predicted molar refractivity (Wildman–Crippen MR) is 45.4 cm³/mol. The molecular weight excluding hydrogens is 344 g/mol. The first-order valence-corrected chi connectivity index (χ1v) is 7.67. The van der Waals surface area contributed by atoms with Gasteiger partial charge in [-0.1, -0.05) is 0 Å². The minimum atomic E-state index is 0.833. The number of hydrogen-bond acceptors (Lipinski definition) is 2. The summed E-state index contributed by atoms with van der Waals surface area (Å²) in [5.41, 5.74) is 0. The van der Waals surface area contributed by atoms with Crippen LogP contribution in [0.25, 0.3) is 0 Å². The summed E-state index contributed by atoms with van der Waals surface area (Å²) in [6.45, 7) is 0. The Morgan fingerprint density at radius 2 is 2.00 bits per heavy atom. The standard InChI is InChI=1S/C8H10O2S.W/c1-9-6-3-4-8(11)7(5-6)10-2;/h3-5,11H,1-2H3;/q;+1/p-1. The summed E-state index contributed by atoms with van der Waals surface area (Å²) in [5.74, 6) is 1.72. The molecule has 0 heterocycles. The zero-order valence-corrected chi connectivity index (χ0v) is 10.6. The maximum absolute atomic E-state index is 5.19. The van der Waals surface area contributed by atoms with Gasteiger partial charge in [-0.25, -0.2) is 0 Å². The van der Waals surface area contributed by atoms with Crippen molar-refractivity contribution in [2.75, 3.05) is 14.2 Å². The average molecular weight is 353 g/mol. The van der Waals surface area contributed by atoms with Crippen LogP contribution in [-0.2, 0) is 17.7 Å². The van der Waals surface area contributed by atoms with Gasteiger partial charge in [0.05, 0.1) is 0 Å². The molecule has 0 amide bonds. The topological polar surface area (TPSA) is 18.5 Å². The molecule has 0 radical (unpaired) electrons. The second-order valence-electron chi connectivity index (χ2n) is 2.10. The zero-order chi connectivity index (χ0) is 8.97. The first-order chi connectivity index (χ1) is 5.81. The van der Waals surface area contributed by atoms with Crippen LogP contribution in [0.15, 0.2) is 23.1 Å². The van der Waals surface area contributed by atoms with E-state index >= 15 is 0 Å². The van der Waals surface area contributed by atoms with E-state index in [1.807, 2.05) is 18.2 Å². The van der Waals surface area contributed by atoms with Crippen LogP contribution in [-0.4, -0.2) is 14.2 Å². The van der Waals surface area contributed by atoms with Crippen LogP contribution in [0.3, 0.4) is 0 Å². The Bertz CT molecular complexity index is 319. The fourth-order valence-corrected chi connectivity index (χ4v) is 2.68. The van der Waals surface area contributed by atoms with Gasteiger partial charge < -0.3 is 0 Å². The van der Waals surface area contributed by atoms with Crippen molar-refractivity contribution in [2.45, 2.75) is 4.90 Å². The molecule has 4 heteroatoms. The van der Waals surface area contributed by atoms with Crippen molar-refractivity contribution in [3.05, 3.63) is 18.2 Å². The molecule has 0 fully saturated rings. The fourth-order valence-electron chi connectivity index (χ4n) is 0.844. The first-order valence-electron chi connectivity index (χ1n) is 3.33. The van der Waals surface area contributed by atoms with Gasteiger partial charge in [0.15, 0.2) is 0 Å². The van der Waals surface area contributed by atoms with E-state index in [1.54, 1.807) is 22.9 Å². The van der Waals surface area contributed by atoms with Crippen molar-refractivity contribution < 1.29 is 27.2 Å². The van der Waals surface area contributed by atoms with Gasteiger partial charge in [-0.2, -0.15) is 0 Å². The molecule has 1 aromatic rings. The third-order valence-electron chi connectivity index (χ3n) is 1.46. The van der Waals surface area contributed by atoms with Crippen LogP contribution in [0.2, 0.25) is 0 Å². The molecule has 0 N–H and O–H groups in total. The van der Waals surface area contributed by atoms with Gasteiger partial charge in [-0.3, -0.25) is 0 Å². The van der Waals surface area contributed by atoms with Gasteiger partial charge in [0.25, 0.3) is 0 Å². The zero-order valence-electron chi connectivity index (χ0n) is 6.87. The van der Waals surface area contributed by atoms with Crippen LogP contribution < -0.4 is 9.47 Å². The Labute approximate surface area is 84.7 Å². The third kappa shape index (κ3) is 2.11. The van der Waals surface area contributed by atoms with E-state index in [4.69, 9.17) is 9.47 Å². The van der Waals surface area contributed by atoms with Crippen LogP contribution >= 0.6 is 8.71 Å². The molecule has 0 aliphatic heterocycles. The quantitative estimate of drug-likeness (QED) is 0.812. The molecule has 0 saturated carbocycles. The summed E-state index contributed by atoms with van der Waals surface area (Å²) in [7, 11) is 5.06. The normalized spacial score (nSPS) is 9.08. The van der Waals surface area contributed by atoms with Gasteiger partial charge >= 0.3 is 84.7 Å². The minimum absolute atomic E-state index is 0.833. The Balaban J connectivity index is 3.13. The maximum atomic E-state index is 5.19. The Hall–Kier alpha value is -0.272. The van der Waals surface area contributed by atoms with Gasteiger partial charge in [0.2, 0.25) is 0 Å². The van der Waals surface area contributed by atoms with Crippen molar-refractivity contribution in [3.63, 3.8) is 0 Å². The van der Waals surface area contributed by atoms with Gasteiger partial charge in [0, 0.05) is 0 Å². The van der Waals surface area contributed by atoms with Crippen molar-refractivity contribution in [3.8, 4) is 11.5 Å². The van der Waals surface area contributed by atoms with Gasteiger partial charge in [-0.15, -0.1) is 0 Å². The van der Waals surface area contributed by atoms with Crippen LogP contribution in [0.4, 0.5) is 0 Å².